The maximum absolute atomic E-state index is 12.8. The van der Waals surface area contributed by atoms with Gasteiger partial charge >= 0.3 is 17.9 Å². The molecule has 0 aliphatic rings. The first-order valence-corrected chi connectivity index (χ1v) is 30.4. The van der Waals surface area contributed by atoms with Crippen molar-refractivity contribution in [3.63, 3.8) is 0 Å². The number of carbonyl (C=O) groups is 3. The molecule has 0 aromatic rings. The minimum absolute atomic E-state index is 0.101. The number of rotatable bonds is 54. The summed E-state index contributed by atoms with van der Waals surface area (Å²) >= 11 is 0. The zero-order valence-corrected chi connectivity index (χ0v) is 47.6. The number of esters is 3. The fourth-order valence-corrected chi connectivity index (χ4v) is 8.23. The zero-order chi connectivity index (χ0) is 52.9. The number of hydrogen-bond acceptors (Lipinski definition) is 6. The van der Waals surface area contributed by atoms with Crippen molar-refractivity contribution in [3.8, 4) is 0 Å². The van der Waals surface area contributed by atoms with E-state index in [1.165, 1.54) is 122 Å². The summed E-state index contributed by atoms with van der Waals surface area (Å²) in [5, 5.41) is 0. The second-order valence-corrected chi connectivity index (χ2v) is 19.9. The summed E-state index contributed by atoms with van der Waals surface area (Å²) in [5.74, 6) is -0.974. The van der Waals surface area contributed by atoms with E-state index in [-0.39, 0.29) is 37.5 Å². The summed E-state index contributed by atoms with van der Waals surface area (Å²) in [6, 6.07) is 0. The van der Waals surface area contributed by atoms with Crippen LogP contribution in [0.3, 0.4) is 0 Å². The van der Waals surface area contributed by atoms with E-state index in [4.69, 9.17) is 14.2 Å². The Kier molecular flexibility index (Phi) is 57.4. The van der Waals surface area contributed by atoms with Crippen LogP contribution < -0.4 is 0 Å². The molecular formula is C67H112O6. The summed E-state index contributed by atoms with van der Waals surface area (Å²) in [4.78, 5) is 37.8. The van der Waals surface area contributed by atoms with Gasteiger partial charge in [0.25, 0.3) is 0 Å². The molecule has 0 aromatic carbocycles. The Balaban J connectivity index is 4.15. The monoisotopic (exact) mass is 1010 g/mol. The Morgan fingerprint density at radius 3 is 0.877 bits per heavy atom. The molecule has 0 aromatic heterocycles. The summed E-state index contributed by atoms with van der Waals surface area (Å²) in [6.45, 7) is 6.39. The van der Waals surface area contributed by atoms with Gasteiger partial charge in [-0.2, -0.15) is 0 Å². The average Bonchev–Trinajstić information content (AvgIpc) is 3.39. The highest BCUT2D eigenvalue weighted by molar-refractivity contribution is 5.71. The van der Waals surface area contributed by atoms with Crippen LogP contribution >= 0.6 is 0 Å². The summed E-state index contributed by atoms with van der Waals surface area (Å²) in [6.07, 6.45) is 82.9. The zero-order valence-electron chi connectivity index (χ0n) is 47.6. The number of carbonyl (C=O) groups excluding carboxylic acids is 3. The fourth-order valence-electron chi connectivity index (χ4n) is 8.23. The quantitative estimate of drug-likeness (QED) is 0.0261. The lowest BCUT2D eigenvalue weighted by Crippen LogP contribution is -2.30. The predicted molar refractivity (Wildman–Crippen MR) is 316 cm³/mol. The minimum atomic E-state index is -0.806. The molecule has 6 nitrogen and oxygen atoms in total. The maximum Gasteiger partial charge on any atom is 0.306 e. The molecule has 0 bridgehead atoms. The Bertz CT molecular complexity index is 1490. The lowest BCUT2D eigenvalue weighted by molar-refractivity contribution is -0.167. The molecule has 6 heteroatoms. The lowest BCUT2D eigenvalue weighted by Gasteiger charge is -2.18. The van der Waals surface area contributed by atoms with Crippen LogP contribution in [-0.2, 0) is 28.6 Å². The number of allylic oxidation sites excluding steroid dienone is 18. The highest BCUT2D eigenvalue weighted by Crippen LogP contribution is 2.15. The molecule has 0 amide bonds. The molecule has 1 unspecified atom stereocenters. The molecule has 0 heterocycles. The summed E-state index contributed by atoms with van der Waals surface area (Å²) < 4.78 is 16.7. The van der Waals surface area contributed by atoms with Gasteiger partial charge in [-0.25, -0.2) is 0 Å². The third kappa shape index (κ3) is 58.8. The van der Waals surface area contributed by atoms with Crippen LogP contribution in [0.4, 0.5) is 0 Å². The van der Waals surface area contributed by atoms with E-state index in [2.05, 4.69) is 130 Å². The van der Waals surface area contributed by atoms with Gasteiger partial charge in [-0.15, -0.1) is 0 Å². The van der Waals surface area contributed by atoms with Crippen molar-refractivity contribution in [3.05, 3.63) is 109 Å². The van der Waals surface area contributed by atoms with E-state index in [0.717, 1.165) is 109 Å². The fraction of sp³-hybridized carbons (Fsp3) is 0.687. The van der Waals surface area contributed by atoms with Crippen molar-refractivity contribution in [2.24, 2.45) is 0 Å². The SMILES string of the molecule is CC/C=C\C/C=C\C/C=C\C/C=C\C/C=C\C/C=C\C/C=C\CCCC(=O)OC(COC(=O)CCCCCCC)COC(=O)CCCCCCCCCCCCCCCCC/C=C\C/C=C\CCCCCCC. The first kappa shape index (κ1) is 69.1. The number of ether oxygens (including phenoxy) is 3. The van der Waals surface area contributed by atoms with Gasteiger partial charge in [-0.3, -0.25) is 14.4 Å². The molecule has 0 N–H and O–H groups in total. The van der Waals surface area contributed by atoms with E-state index >= 15 is 0 Å². The Hall–Kier alpha value is -3.93. The van der Waals surface area contributed by atoms with Gasteiger partial charge in [0.1, 0.15) is 13.2 Å². The molecule has 0 fully saturated rings. The summed E-state index contributed by atoms with van der Waals surface area (Å²) in [7, 11) is 0. The van der Waals surface area contributed by atoms with Crippen molar-refractivity contribution < 1.29 is 28.6 Å². The van der Waals surface area contributed by atoms with E-state index in [9.17, 15) is 14.4 Å². The molecule has 0 saturated carbocycles. The van der Waals surface area contributed by atoms with Crippen LogP contribution in [0.5, 0.6) is 0 Å². The largest absolute Gasteiger partial charge is 0.462 e. The van der Waals surface area contributed by atoms with Gasteiger partial charge in [-0.05, 0) is 103 Å². The predicted octanol–water partition coefficient (Wildman–Crippen LogP) is 20.7. The molecule has 0 rings (SSSR count). The van der Waals surface area contributed by atoms with Crippen molar-refractivity contribution >= 4 is 17.9 Å². The summed E-state index contributed by atoms with van der Waals surface area (Å²) in [5.41, 5.74) is 0. The number of hydrogen-bond donors (Lipinski definition) is 0. The molecule has 0 spiro atoms. The van der Waals surface area contributed by atoms with Crippen molar-refractivity contribution in [1.29, 1.82) is 0 Å². The highest BCUT2D eigenvalue weighted by atomic mass is 16.6. The first-order chi connectivity index (χ1) is 36.0. The van der Waals surface area contributed by atoms with Gasteiger partial charge in [-0.1, -0.05) is 265 Å². The van der Waals surface area contributed by atoms with Crippen LogP contribution in [-0.4, -0.2) is 37.2 Å². The van der Waals surface area contributed by atoms with Crippen LogP contribution in [0.1, 0.15) is 278 Å². The topological polar surface area (TPSA) is 78.9 Å². The third-order valence-electron chi connectivity index (χ3n) is 12.8. The Morgan fingerprint density at radius 2 is 0.548 bits per heavy atom. The molecule has 73 heavy (non-hydrogen) atoms. The lowest BCUT2D eigenvalue weighted by atomic mass is 10.0. The van der Waals surface area contributed by atoms with Gasteiger partial charge in [0.05, 0.1) is 0 Å². The van der Waals surface area contributed by atoms with Crippen LogP contribution in [0, 0.1) is 0 Å². The molecule has 0 aliphatic carbocycles. The van der Waals surface area contributed by atoms with Gasteiger partial charge < -0.3 is 14.2 Å². The second kappa shape index (κ2) is 60.6. The molecule has 0 aliphatic heterocycles. The molecule has 1 atom stereocenters. The standard InChI is InChI=1S/C67H112O6/c1-4-7-10-13-15-17-19-21-23-25-27-29-31-32-33-34-36-37-39-41-43-45-47-49-51-54-57-60-66(69)72-63-64(62-71-65(68)59-56-53-12-9-6-3)73-67(70)61-58-55-52-50-48-46-44-42-40-38-35-30-28-26-24-22-20-18-16-14-11-8-5-2/h8,11,16,18-19,21-22,24-25,27-28,30,38,40,44,46,50,52,64H,4-7,9-10,12-15,17,20,23,26,29,31-37,39,41-43,45,47-49,51,53-63H2,1-3H3/b11-8-,18-16-,21-19-,24-22-,27-25-,30-28-,40-38-,46-44-,52-50-. The Morgan fingerprint density at radius 1 is 0.288 bits per heavy atom. The van der Waals surface area contributed by atoms with E-state index in [1.807, 2.05) is 0 Å². The van der Waals surface area contributed by atoms with Crippen LogP contribution in [0.25, 0.3) is 0 Å². The smallest absolute Gasteiger partial charge is 0.306 e. The Labute approximate surface area is 450 Å². The van der Waals surface area contributed by atoms with E-state index in [0.29, 0.717) is 19.3 Å². The normalized spacial score (nSPS) is 12.9. The average molecular weight is 1010 g/mol. The highest BCUT2D eigenvalue weighted by Gasteiger charge is 2.19. The molecule has 416 valence electrons. The molecular weight excluding hydrogens is 901 g/mol. The van der Waals surface area contributed by atoms with Gasteiger partial charge in [0.2, 0.25) is 0 Å². The second-order valence-electron chi connectivity index (χ2n) is 19.9. The maximum atomic E-state index is 12.8. The number of unbranched alkanes of at least 4 members (excludes halogenated alkanes) is 25. The molecule has 0 saturated heterocycles. The third-order valence-corrected chi connectivity index (χ3v) is 12.8. The molecule has 0 radical (unpaired) electrons. The van der Waals surface area contributed by atoms with Crippen LogP contribution in [0.2, 0.25) is 0 Å². The van der Waals surface area contributed by atoms with Gasteiger partial charge in [0.15, 0.2) is 6.10 Å². The van der Waals surface area contributed by atoms with Gasteiger partial charge in [0, 0.05) is 19.3 Å². The van der Waals surface area contributed by atoms with Crippen molar-refractivity contribution in [2.45, 2.75) is 284 Å². The minimum Gasteiger partial charge on any atom is -0.462 e. The van der Waals surface area contributed by atoms with Crippen molar-refractivity contribution in [1.82, 2.24) is 0 Å². The van der Waals surface area contributed by atoms with E-state index < -0.39 is 6.10 Å². The van der Waals surface area contributed by atoms with Crippen molar-refractivity contribution in [2.75, 3.05) is 13.2 Å². The van der Waals surface area contributed by atoms with Crippen LogP contribution in [0.15, 0.2) is 109 Å². The first-order valence-electron chi connectivity index (χ1n) is 30.4. The van der Waals surface area contributed by atoms with E-state index in [1.54, 1.807) is 0 Å².